The van der Waals surface area contributed by atoms with Crippen LogP contribution in [0.4, 0.5) is 34.1 Å². The fourth-order valence-corrected chi connectivity index (χ4v) is 10.1. The molecule has 0 aromatic heterocycles. The van der Waals surface area contributed by atoms with Gasteiger partial charge < -0.3 is 14.5 Å². The predicted molar refractivity (Wildman–Crippen MR) is 267 cm³/mol. The van der Waals surface area contributed by atoms with Crippen LogP contribution in [0.25, 0.3) is 55.3 Å². The molecule has 0 N–H and O–H groups in total. The third kappa shape index (κ3) is 6.12. The highest BCUT2D eigenvalue weighted by Crippen LogP contribution is 2.57. The highest BCUT2D eigenvalue weighted by Gasteiger charge is 2.36. The number of hydrogen-bond donors (Lipinski definition) is 0. The second kappa shape index (κ2) is 15.0. The van der Waals surface area contributed by atoms with Gasteiger partial charge in [-0.3, -0.25) is 0 Å². The zero-order valence-electron chi connectivity index (χ0n) is 35.7. The summed E-state index contributed by atoms with van der Waals surface area (Å²) in [5.41, 5.74) is 18.4. The number of fused-ring (bicyclic) bond motifs is 5. The SMILES string of the molecule is CC1(C)c2ccccc2-c2cc(N(c3ccc(-c4ccc(-c5ccccc5)cc4)cc3)c3ccc4cccc5c4c3Oc3cccc(N(c4ccccc4)c4ccccc4)c3-5)ccc21. The molecule has 0 unspecified atom stereocenters. The molecule has 2 aliphatic rings. The molecule has 10 aromatic rings. The molecule has 64 heavy (non-hydrogen) atoms. The molecule has 0 bridgehead atoms. The van der Waals surface area contributed by atoms with E-state index in [1.54, 1.807) is 0 Å². The van der Waals surface area contributed by atoms with Crippen LogP contribution in [0.15, 0.2) is 231 Å². The van der Waals surface area contributed by atoms with Crippen LogP contribution in [-0.2, 0) is 5.41 Å². The van der Waals surface area contributed by atoms with Crippen LogP contribution in [0, 0.1) is 0 Å². The average Bonchev–Trinajstić information content (AvgIpc) is 3.58. The molecule has 0 saturated carbocycles. The number of rotatable bonds is 8. The Hall–Kier alpha value is -8.14. The van der Waals surface area contributed by atoms with Gasteiger partial charge in [0.05, 0.1) is 11.4 Å². The summed E-state index contributed by atoms with van der Waals surface area (Å²) in [6, 6.07) is 83.0. The molecule has 0 spiro atoms. The molecule has 0 saturated heterocycles. The van der Waals surface area contributed by atoms with E-state index in [0.717, 1.165) is 73.1 Å². The van der Waals surface area contributed by atoms with Crippen molar-refractivity contribution in [3.8, 4) is 56.0 Å². The summed E-state index contributed by atoms with van der Waals surface area (Å²) in [6.45, 7) is 4.68. The molecule has 3 nitrogen and oxygen atoms in total. The van der Waals surface area contributed by atoms with Crippen molar-refractivity contribution < 1.29 is 4.74 Å². The van der Waals surface area contributed by atoms with Gasteiger partial charge in [0.25, 0.3) is 0 Å². The Morgan fingerprint density at radius 2 is 0.875 bits per heavy atom. The fraction of sp³-hybridized carbons (Fsp3) is 0.0492. The molecule has 1 aliphatic heterocycles. The van der Waals surface area contributed by atoms with Gasteiger partial charge in [0.1, 0.15) is 5.75 Å². The van der Waals surface area contributed by atoms with Gasteiger partial charge in [0, 0.05) is 39.1 Å². The quantitative estimate of drug-likeness (QED) is 0.152. The highest BCUT2D eigenvalue weighted by atomic mass is 16.5. The molecule has 3 heteroatoms. The van der Waals surface area contributed by atoms with Gasteiger partial charge in [0.15, 0.2) is 5.75 Å². The molecule has 1 heterocycles. The van der Waals surface area contributed by atoms with E-state index in [1.165, 1.54) is 38.9 Å². The van der Waals surface area contributed by atoms with Gasteiger partial charge in [-0.15, -0.1) is 0 Å². The van der Waals surface area contributed by atoms with Crippen molar-refractivity contribution in [2.45, 2.75) is 19.3 Å². The molecule has 12 rings (SSSR count). The van der Waals surface area contributed by atoms with E-state index in [0.29, 0.717) is 0 Å². The molecular formula is C61H44N2O. The number of ether oxygens (including phenoxy) is 1. The summed E-state index contributed by atoms with van der Waals surface area (Å²) >= 11 is 0. The first kappa shape index (κ1) is 37.6. The Balaban J connectivity index is 1.03. The summed E-state index contributed by atoms with van der Waals surface area (Å²) in [7, 11) is 0. The third-order valence-corrected chi connectivity index (χ3v) is 13.2. The van der Waals surface area contributed by atoms with Crippen molar-refractivity contribution in [3.63, 3.8) is 0 Å². The lowest BCUT2D eigenvalue weighted by Gasteiger charge is -2.33. The normalized spacial score (nSPS) is 12.8. The van der Waals surface area contributed by atoms with Crippen molar-refractivity contribution in [2.75, 3.05) is 9.80 Å². The molecule has 0 fully saturated rings. The van der Waals surface area contributed by atoms with E-state index in [9.17, 15) is 0 Å². The molecule has 0 radical (unpaired) electrons. The van der Waals surface area contributed by atoms with Crippen LogP contribution in [0.5, 0.6) is 11.5 Å². The first-order valence-electron chi connectivity index (χ1n) is 22.1. The second-order valence-electron chi connectivity index (χ2n) is 17.3. The van der Waals surface area contributed by atoms with E-state index in [2.05, 4.69) is 254 Å². The number of anilines is 6. The maximum absolute atomic E-state index is 7.32. The zero-order valence-corrected chi connectivity index (χ0v) is 35.7. The molecular weight excluding hydrogens is 777 g/mol. The lowest BCUT2D eigenvalue weighted by Crippen LogP contribution is -2.16. The Morgan fingerprint density at radius 3 is 1.56 bits per heavy atom. The summed E-state index contributed by atoms with van der Waals surface area (Å²) in [5.74, 6) is 1.66. The minimum atomic E-state index is -0.102. The summed E-state index contributed by atoms with van der Waals surface area (Å²) in [6.07, 6.45) is 0. The molecule has 304 valence electrons. The summed E-state index contributed by atoms with van der Waals surface area (Å²) in [5, 5.41) is 2.22. The van der Waals surface area contributed by atoms with Crippen molar-refractivity contribution >= 4 is 44.9 Å². The maximum Gasteiger partial charge on any atom is 0.159 e. The number of benzene rings is 10. The lowest BCUT2D eigenvalue weighted by molar-refractivity contribution is 0.488. The average molecular weight is 821 g/mol. The van der Waals surface area contributed by atoms with Crippen molar-refractivity contribution in [1.82, 2.24) is 0 Å². The number of hydrogen-bond acceptors (Lipinski definition) is 3. The Morgan fingerprint density at radius 1 is 0.359 bits per heavy atom. The van der Waals surface area contributed by atoms with E-state index in [4.69, 9.17) is 4.74 Å². The van der Waals surface area contributed by atoms with Crippen LogP contribution < -0.4 is 14.5 Å². The van der Waals surface area contributed by atoms with Gasteiger partial charge in [0.2, 0.25) is 0 Å². The first-order chi connectivity index (χ1) is 31.5. The zero-order chi connectivity index (χ0) is 42.8. The standard InChI is InChI=1S/C61H44N2O/c1-61(2)53-25-13-12-23-50(53)52-40-49(37-38-54(52)61)63(48-35-32-44(33-36-48)43-30-28-42(29-31-43)41-16-6-3-7-17-41)56-39-34-45-18-14-24-51-58(45)60(56)64-57-27-15-26-55(59(51)57)62(46-19-8-4-9-20-46)47-21-10-5-11-22-47/h3-40H,1-2H3. The largest absolute Gasteiger partial charge is 0.454 e. The first-order valence-corrected chi connectivity index (χ1v) is 22.1. The molecule has 10 aromatic carbocycles. The predicted octanol–water partition coefficient (Wildman–Crippen LogP) is 17.2. The fourth-order valence-electron chi connectivity index (χ4n) is 10.1. The van der Waals surface area contributed by atoms with Crippen LogP contribution in [0.3, 0.4) is 0 Å². The van der Waals surface area contributed by atoms with E-state index in [1.807, 2.05) is 0 Å². The number of nitrogens with zero attached hydrogens (tertiary/aromatic N) is 2. The Kier molecular flexibility index (Phi) is 8.84. The van der Waals surface area contributed by atoms with Crippen molar-refractivity contribution in [3.05, 3.63) is 242 Å². The van der Waals surface area contributed by atoms with Gasteiger partial charge in [-0.05, 0) is 122 Å². The summed E-state index contributed by atoms with van der Waals surface area (Å²) in [4.78, 5) is 4.72. The third-order valence-electron chi connectivity index (χ3n) is 13.2. The Labute approximate surface area is 374 Å². The van der Waals surface area contributed by atoms with Crippen LogP contribution in [-0.4, -0.2) is 0 Å². The van der Waals surface area contributed by atoms with Crippen LogP contribution in [0.2, 0.25) is 0 Å². The van der Waals surface area contributed by atoms with Crippen LogP contribution in [0.1, 0.15) is 25.0 Å². The Bertz CT molecular complexity index is 3320. The van der Waals surface area contributed by atoms with Crippen molar-refractivity contribution in [1.29, 1.82) is 0 Å². The van der Waals surface area contributed by atoms with Gasteiger partial charge in [-0.1, -0.05) is 178 Å². The van der Waals surface area contributed by atoms with E-state index < -0.39 is 0 Å². The highest BCUT2D eigenvalue weighted by molar-refractivity contribution is 6.11. The molecule has 0 atom stereocenters. The van der Waals surface area contributed by atoms with Crippen LogP contribution >= 0.6 is 0 Å². The molecule has 0 amide bonds. The minimum absolute atomic E-state index is 0.102. The van der Waals surface area contributed by atoms with Crippen molar-refractivity contribution in [2.24, 2.45) is 0 Å². The smallest absolute Gasteiger partial charge is 0.159 e. The lowest BCUT2D eigenvalue weighted by atomic mass is 9.82. The molecule has 1 aliphatic carbocycles. The van der Waals surface area contributed by atoms with E-state index in [-0.39, 0.29) is 5.41 Å². The van der Waals surface area contributed by atoms with Gasteiger partial charge in [-0.25, -0.2) is 0 Å². The van der Waals surface area contributed by atoms with E-state index >= 15 is 0 Å². The minimum Gasteiger partial charge on any atom is -0.454 e. The second-order valence-corrected chi connectivity index (χ2v) is 17.3. The summed E-state index contributed by atoms with van der Waals surface area (Å²) < 4.78 is 7.32. The maximum atomic E-state index is 7.32. The topological polar surface area (TPSA) is 15.7 Å². The number of para-hydroxylation sites is 2. The van der Waals surface area contributed by atoms with Gasteiger partial charge >= 0.3 is 0 Å². The monoisotopic (exact) mass is 820 g/mol. The van der Waals surface area contributed by atoms with Gasteiger partial charge in [-0.2, -0.15) is 0 Å².